The van der Waals surface area contributed by atoms with Gasteiger partial charge in [0.05, 0.1) is 5.92 Å². The van der Waals surface area contributed by atoms with E-state index < -0.39 is 0 Å². The lowest BCUT2D eigenvalue weighted by Gasteiger charge is -2.38. The van der Waals surface area contributed by atoms with E-state index in [1.54, 1.807) is 7.11 Å². The zero-order chi connectivity index (χ0) is 14.1. The van der Waals surface area contributed by atoms with Crippen molar-refractivity contribution in [3.05, 3.63) is 29.2 Å². The number of aromatic nitrogens is 5. The smallest absolute Gasteiger partial charge is 0.157 e. The second-order valence-corrected chi connectivity index (χ2v) is 5.10. The average Bonchev–Trinajstić information content (AvgIpc) is 2.73. The van der Waals surface area contributed by atoms with Crippen molar-refractivity contribution in [1.82, 2.24) is 25.1 Å². The molecule has 0 bridgehead atoms. The van der Waals surface area contributed by atoms with E-state index in [4.69, 9.17) is 4.74 Å². The summed E-state index contributed by atoms with van der Waals surface area (Å²) in [5.41, 5.74) is 0.958. The molecule has 3 rings (SSSR count). The van der Waals surface area contributed by atoms with Gasteiger partial charge < -0.3 is 9.64 Å². The van der Waals surface area contributed by atoms with Crippen molar-refractivity contribution >= 4 is 5.82 Å². The fraction of sp³-hybridized carbons (Fsp3) is 0.538. The van der Waals surface area contributed by atoms with E-state index >= 15 is 0 Å². The van der Waals surface area contributed by atoms with Crippen LogP contribution in [0.5, 0.6) is 0 Å². The van der Waals surface area contributed by atoms with Crippen molar-refractivity contribution in [1.29, 1.82) is 0 Å². The van der Waals surface area contributed by atoms with E-state index in [9.17, 15) is 0 Å². The maximum absolute atomic E-state index is 5.09. The minimum absolute atomic E-state index is 0.376. The first kappa shape index (κ1) is 13.0. The minimum atomic E-state index is 0.376. The molecule has 106 valence electrons. The third kappa shape index (κ3) is 2.49. The van der Waals surface area contributed by atoms with Crippen LogP contribution in [0.3, 0.4) is 0 Å². The highest BCUT2D eigenvalue weighted by atomic mass is 16.5. The van der Waals surface area contributed by atoms with Crippen LogP contribution in [0.2, 0.25) is 0 Å². The highest BCUT2D eigenvalue weighted by Gasteiger charge is 2.32. The SMILES string of the molecule is COCc1nc(C)cc(N2CC(c3n[nH]c(C)n3)C2)n1. The monoisotopic (exact) mass is 274 g/mol. The van der Waals surface area contributed by atoms with Crippen LogP contribution in [0, 0.1) is 13.8 Å². The van der Waals surface area contributed by atoms with Crippen molar-refractivity contribution in [3.8, 4) is 0 Å². The summed E-state index contributed by atoms with van der Waals surface area (Å²) in [5, 5.41) is 7.10. The Balaban J connectivity index is 1.70. The lowest BCUT2D eigenvalue weighted by atomic mass is 9.99. The normalized spacial score (nSPS) is 15.4. The van der Waals surface area contributed by atoms with Crippen LogP contribution in [0.25, 0.3) is 0 Å². The van der Waals surface area contributed by atoms with Crippen LogP contribution in [0.1, 0.15) is 29.1 Å². The largest absolute Gasteiger partial charge is 0.377 e. The van der Waals surface area contributed by atoms with Crippen LogP contribution < -0.4 is 4.90 Å². The van der Waals surface area contributed by atoms with Gasteiger partial charge in [0, 0.05) is 32.0 Å². The van der Waals surface area contributed by atoms with Crippen LogP contribution >= 0.6 is 0 Å². The number of nitrogens with zero attached hydrogens (tertiary/aromatic N) is 5. The number of hydrogen-bond acceptors (Lipinski definition) is 6. The highest BCUT2D eigenvalue weighted by Crippen LogP contribution is 2.28. The number of anilines is 1. The van der Waals surface area contributed by atoms with Gasteiger partial charge in [-0.1, -0.05) is 0 Å². The van der Waals surface area contributed by atoms with Gasteiger partial charge in [0.15, 0.2) is 11.6 Å². The number of nitrogens with one attached hydrogen (secondary N) is 1. The molecule has 0 atom stereocenters. The van der Waals surface area contributed by atoms with Crippen molar-refractivity contribution in [2.45, 2.75) is 26.4 Å². The molecule has 2 aromatic heterocycles. The molecule has 3 heterocycles. The lowest BCUT2D eigenvalue weighted by Crippen LogP contribution is -2.46. The van der Waals surface area contributed by atoms with E-state index in [1.165, 1.54) is 0 Å². The molecular weight excluding hydrogens is 256 g/mol. The fourth-order valence-electron chi connectivity index (χ4n) is 2.34. The minimum Gasteiger partial charge on any atom is -0.377 e. The first-order valence-corrected chi connectivity index (χ1v) is 6.63. The first-order valence-electron chi connectivity index (χ1n) is 6.63. The van der Waals surface area contributed by atoms with Gasteiger partial charge in [0.2, 0.25) is 0 Å². The third-order valence-corrected chi connectivity index (χ3v) is 3.35. The van der Waals surface area contributed by atoms with Crippen LogP contribution in [0.4, 0.5) is 5.82 Å². The summed E-state index contributed by atoms with van der Waals surface area (Å²) < 4.78 is 5.09. The summed E-state index contributed by atoms with van der Waals surface area (Å²) in [7, 11) is 1.65. The molecule has 20 heavy (non-hydrogen) atoms. The Morgan fingerprint density at radius 1 is 1.30 bits per heavy atom. The van der Waals surface area contributed by atoms with Gasteiger partial charge in [-0.2, -0.15) is 5.10 Å². The molecule has 0 unspecified atom stereocenters. The van der Waals surface area contributed by atoms with E-state index in [2.05, 4.69) is 30.0 Å². The van der Waals surface area contributed by atoms with Crippen molar-refractivity contribution in [2.24, 2.45) is 0 Å². The molecule has 7 heteroatoms. The number of ether oxygens (including phenoxy) is 1. The number of H-pyrrole nitrogens is 1. The summed E-state index contributed by atoms with van der Waals surface area (Å²) >= 11 is 0. The summed E-state index contributed by atoms with van der Waals surface area (Å²) in [6, 6.07) is 2.00. The molecule has 1 aliphatic rings. The molecule has 1 aliphatic heterocycles. The fourth-order valence-corrected chi connectivity index (χ4v) is 2.34. The molecule has 1 saturated heterocycles. The molecule has 0 spiro atoms. The van der Waals surface area contributed by atoms with E-state index in [-0.39, 0.29) is 0 Å². The Bertz CT molecular complexity index is 605. The van der Waals surface area contributed by atoms with Gasteiger partial charge in [-0.05, 0) is 13.8 Å². The van der Waals surface area contributed by atoms with Gasteiger partial charge in [-0.3, -0.25) is 5.10 Å². The molecule has 0 radical (unpaired) electrons. The number of aryl methyl sites for hydroxylation is 2. The lowest BCUT2D eigenvalue weighted by molar-refractivity contribution is 0.177. The summed E-state index contributed by atoms with van der Waals surface area (Å²) in [5.74, 6) is 3.80. The quantitative estimate of drug-likeness (QED) is 0.894. The van der Waals surface area contributed by atoms with Crippen molar-refractivity contribution in [2.75, 3.05) is 25.1 Å². The molecule has 2 aromatic rings. The molecule has 7 nitrogen and oxygen atoms in total. The maximum Gasteiger partial charge on any atom is 0.157 e. The first-order chi connectivity index (χ1) is 9.65. The van der Waals surface area contributed by atoms with E-state index in [1.807, 2.05) is 19.9 Å². The van der Waals surface area contributed by atoms with Crippen molar-refractivity contribution < 1.29 is 4.74 Å². The van der Waals surface area contributed by atoms with E-state index in [0.29, 0.717) is 12.5 Å². The standard InChI is InChI=1S/C13H18N6O/c1-8-4-12(16-11(14-8)7-20-3)19-5-10(6-19)13-15-9(2)17-18-13/h4,10H,5-7H2,1-3H3,(H,15,17,18). The predicted molar refractivity (Wildman–Crippen MR) is 73.6 cm³/mol. The molecule has 1 fully saturated rings. The zero-order valence-electron chi connectivity index (χ0n) is 11.9. The Labute approximate surface area is 117 Å². The van der Waals surface area contributed by atoms with Crippen molar-refractivity contribution in [3.63, 3.8) is 0 Å². The summed E-state index contributed by atoms with van der Waals surface area (Å²) in [4.78, 5) is 15.5. The molecule has 1 N–H and O–H groups in total. The second kappa shape index (κ2) is 5.16. The average molecular weight is 274 g/mol. The second-order valence-electron chi connectivity index (χ2n) is 5.10. The number of methoxy groups -OCH3 is 1. The Morgan fingerprint density at radius 2 is 2.10 bits per heavy atom. The summed E-state index contributed by atoms with van der Waals surface area (Å²) in [6.07, 6.45) is 0. The van der Waals surface area contributed by atoms with Gasteiger partial charge in [-0.15, -0.1) is 0 Å². The van der Waals surface area contributed by atoms with E-state index in [0.717, 1.165) is 42.1 Å². The summed E-state index contributed by atoms with van der Waals surface area (Å²) in [6.45, 7) is 6.10. The van der Waals surface area contributed by atoms with Gasteiger partial charge >= 0.3 is 0 Å². The van der Waals surface area contributed by atoms with Gasteiger partial charge in [0.1, 0.15) is 18.2 Å². The third-order valence-electron chi connectivity index (χ3n) is 3.35. The molecule has 0 aromatic carbocycles. The number of rotatable bonds is 4. The van der Waals surface area contributed by atoms with Crippen LogP contribution in [-0.2, 0) is 11.3 Å². The Kier molecular flexibility index (Phi) is 3.35. The molecular formula is C13H18N6O. The topological polar surface area (TPSA) is 79.8 Å². The Hall–Kier alpha value is -2.02. The van der Waals surface area contributed by atoms with Crippen LogP contribution in [-0.4, -0.2) is 45.3 Å². The number of aromatic amines is 1. The zero-order valence-corrected chi connectivity index (χ0v) is 11.9. The van der Waals surface area contributed by atoms with Crippen LogP contribution in [0.15, 0.2) is 6.07 Å². The maximum atomic E-state index is 5.09. The van der Waals surface area contributed by atoms with Gasteiger partial charge in [0.25, 0.3) is 0 Å². The highest BCUT2D eigenvalue weighted by molar-refractivity contribution is 5.44. The predicted octanol–water partition coefficient (Wildman–Crippen LogP) is 0.962. The van der Waals surface area contributed by atoms with Gasteiger partial charge in [-0.25, -0.2) is 15.0 Å². The molecule has 0 aliphatic carbocycles. The Morgan fingerprint density at radius 3 is 2.75 bits per heavy atom. The molecule has 0 amide bonds. The number of hydrogen-bond donors (Lipinski definition) is 1. The molecule has 0 saturated carbocycles.